The minimum absolute atomic E-state index is 0.00844. The largest absolute Gasteiger partial charge is 0.489 e. The van der Waals surface area contributed by atoms with Crippen molar-refractivity contribution in [2.24, 2.45) is 0 Å². The number of nitrogens with zero attached hydrogens (tertiary/aromatic N) is 4. The number of amides is 1. The van der Waals surface area contributed by atoms with Crippen LogP contribution in [0.3, 0.4) is 0 Å². The number of hydrogen-bond donors (Lipinski definition) is 2. The Labute approximate surface area is 231 Å². The van der Waals surface area contributed by atoms with Crippen LogP contribution in [0.2, 0.25) is 10.0 Å². The SMILES string of the molecule is C=CC(=O)N1CCN2c3c(Cl)cc(Nc4ncc(Cl)c(Nc5ccccc5P(C)(C)=O)n4)cc3OC[C@H]2C1. The lowest BCUT2D eigenvalue weighted by Gasteiger charge is -2.45. The number of para-hydroxylation sites is 1. The summed E-state index contributed by atoms with van der Waals surface area (Å²) in [5.74, 6) is 1.23. The average molecular weight is 573 g/mol. The van der Waals surface area contributed by atoms with Gasteiger partial charge in [-0.15, -0.1) is 0 Å². The topological polar surface area (TPSA) is 99.7 Å². The lowest BCUT2D eigenvalue weighted by molar-refractivity contribution is -0.127. The van der Waals surface area contributed by atoms with Crippen LogP contribution in [0.25, 0.3) is 0 Å². The first-order valence-electron chi connectivity index (χ1n) is 12.0. The summed E-state index contributed by atoms with van der Waals surface area (Å²) in [6.07, 6.45) is 2.83. The van der Waals surface area contributed by atoms with Gasteiger partial charge < -0.3 is 29.7 Å². The number of anilines is 5. The van der Waals surface area contributed by atoms with E-state index in [1.165, 1.54) is 12.3 Å². The molecule has 0 spiro atoms. The molecule has 3 heterocycles. The Hall–Kier alpha value is -3.26. The number of fused-ring (bicyclic) bond motifs is 3. The number of rotatable bonds is 6. The van der Waals surface area contributed by atoms with E-state index in [1.54, 1.807) is 24.3 Å². The molecule has 2 aliphatic heterocycles. The molecule has 0 radical (unpaired) electrons. The molecule has 9 nitrogen and oxygen atoms in total. The highest BCUT2D eigenvalue weighted by molar-refractivity contribution is 7.70. The zero-order chi connectivity index (χ0) is 27.0. The maximum absolute atomic E-state index is 12.8. The molecular weight excluding hydrogens is 546 g/mol. The lowest BCUT2D eigenvalue weighted by Crippen LogP contribution is -2.58. The monoisotopic (exact) mass is 572 g/mol. The molecule has 1 amide bonds. The van der Waals surface area contributed by atoms with E-state index >= 15 is 0 Å². The van der Waals surface area contributed by atoms with Crippen molar-refractivity contribution in [3.8, 4) is 5.75 Å². The van der Waals surface area contributed by atoms with Gasteiger partial charge in [-0.1, -0.05) is 41.9 Å². The summed E-state index contributed by atoms with van der Waals surface area (Å²) in [6.45, 7) is 9.21. The van der Waals surface area contributed by atoms with Crippen LogP contribution in [0.5, 0.6) is 5.75 Å². The Balaban J connectivity index is 1.37. The average Bonchev–Trinajstić information content (AvgIpc) is 2.89. The maximum Gasteiger partial charge on any atom is 0.246 e. The molecular formula is C26H27Cl2N6O3P. The molecule has 3 aromatic rings. The smallest absolute Gasteiger partial charge is 0.246 e. The summed E-state index contributed by atoms with van der Waals surface area (Å²) in [6, 6.07) is 11.0. The van der Waals surface area contributed by atoms with Crippen LogP contribution in [-0.2, 0) is 9.36 Å². The second-order valence-electron chi connectivity index (χ2n) is 9.46. The summed E-state index contributed by atoms with van der Waals surface area (Å²) in [7, 11) is -2.53. The van der Waals surface area contributed by atoms with Crippen molar-refractivity contribution in [3.63, 3.8) is 0 Å². The van der Waals surface area contributed by atoms with Crippen molar-refractivity contribution in [1.82, 2.24) is 14.9 Å². The molecule has 38 heavy (non-hydrogen) atoms. The molecule has 198 valence electrons. The first-order valence-corrected chi connectivity index (χ1v) is 15.3. The van der Waals surface area contributed by atoms with E-state index in [0.29, 0.717) is 70.5 Å². The molecule has 1 fully saturated rings. The third-order valence-corrected chi connectivity index (χ3v) is 8.57. The molecule has 1 atom stereocenters. The Morgan fingerprint density at radius 2 is 1.97 bits per heavy atom. The Kier molecular flexibility index (Phi) is 7.27. The summed E-state index contributed by atoms with van der Waals surface area (Å²) >= 11 is 13.1. The van der Waals surface area contributed by atoms with Crippen LogP contribution in [0.15, 0.2) is 55.3 Å². The van der Waals surface area contributed by atoms with Crippen molar-refractivity contribution in [1.29, 1.82) is 0 Å². The van der Waals surface area contributed by atoms with Crippen molar-refractivity contribution in [2.75, 3.05) is 55.1 Å². The van der Waals surface area contributed by atoms with Gasteiger partial charge in [0.05, 0.1) is 28.6 Å². The van der Waals surface area contributed by atoms with E-state index in [1.807, 2.05) is 30.3 Å². The van der Waals surface area contributed by atoms with Crippen LogP contribution in [0.4, 0.5) is 28.8 Å². The molecule has 2 aliphatic rings. The third kappa shape index (κ3) is 5.32. The normalized spacial score (nSPS) is 16.7. The molecule has 0 aliphatic carbocycles. The second kappa shape index (κ2) is 10.5. The van der Waals surface area contributed by atoms with Gasteiger partial charge in [-0.3, -0.25) is 4.79 Å². The van der Waals surface area contributed by atoms with Crippen LogP contribution >= 0.6 is 30.3 Å². The van der Waals surface area contributed by atoms with Gasteiger partial charge in [-0.2, -0.15) is 4.98 Å². The molecule has 12 heteroatoms. The highest BCUT2D eigenvalue weighted by Crippen LogP contribution is 2.44. The quantitative estimate of drug-likeness (QED) is 0.310. The van der Waals surface area contributed by atoms with Crippen molar-refractivity contribution >= 4 is 70.4 Å². The van der Waals surface area contributed by atoms with E-state index < -0.39 is 7.14 Å². The van der Waals surface area contributed by atoms with E-state index in [-0.39, 0.29) is 11.9 Å². The number of piperazine rings is 1. The van der Waals surface area contributed by atoms with Gasteiger partial charge in [0.2, 0.25) is 11.9 Å². The molecule has 0 saturated carbocycles. The lowest BCUT2D eigenvalue weighted by atomic mass is 10.1. The van der Waals surface area contributed by atoms with Gasteiger partial charge in [0.15, 0.2) is 5.82 Å². The second-order valence-corrected chi connectivity index (χ2v) is 13.5. The molecule has 1 aromatic heterocycles. The fraction of sp³-hybridized carbons (Fsp3) is 0.269. The summed E-state index contributed by atoms with van der Waals surface area (Å²) in [5, 5.41) is 7.91. The maximum atomic E-state index is 12.8. The molecule has 5 rings (SSSR count). The number of hydrogen-bond acceptors (Lipinski definition) is 8. The summed E-state index contributed by atoms with van der Waals surface area (Å²) in [4.78, 5) is 24.8. The van der Waals surface area contributed by atoms with Gasteiger partial charge in [0.1, 0.15) is 24.5 Å². The molecule has 0 unspecified atom stereocenters. The van der Waals surface area contributed by atoms with E-state index in [0.717, 1.165) is 5.69 Å². The van der Waals surface area contributed by atoms with Gasteiger partial charge in [-0.05, 0) is 37.6 Å². The molecule has 2 aromatic carbocycles. The summed E-state index contributed by atoms with van der Waals surface area (Å²) in [5.41, 5.74) is 2.12. The van der Waals surface area contributed by atoms with Crippen molar-refractivity contribution in [3.05, 3.63) is 65.3 Å². The standard InChI is InChI=1S/C26H27Cl2N6O3P/c1-4-23(35)33-9-10-34-17(14-33)15-37-21-12-16(11-18(27)24(21)34)30-26-29-13-19(28)25(32-26)31-20-7-5-6-8-22(20)38(2,3)36/h4-8,11-13,17H,1,9-10,14-15H2,2-3H3,(H2,29,30,31,32)/t17-/m1/s1. The van der Waals surface area contributed by atoms with Crippen molar-refractivity contribution in [2.45, 2.75) is 6.04 Å². The minimum Gasteiger partial charge on any atom is -0.489 e. The van der Waals surface area contributed by atoms with E-state index in [4.69, 9.17) is 27.9 Å². The summed E-state index contributed by atoms with van der Waals surface area (Å²) < 4.78 is 18.8. The van der Waals surface area contributed by atoms with Gasteiger partial charge in [0, 0.05) is 36.7 Å². The highest BCUT2D eigenvalue weighted by Gasteiger charge is 2.35. The Morgan fingerprint density at radius 3 is 2.74 bits per heavy atom. The van der Waals surface area contributed by atoms with Crippen LogP contribution < -0.4 is 25.6 Å². The van der Waals surface area contributed by atoms with Crippen LogP contribution in [0, 0.1) is 0 Å². The van der Waals surface area contributed by atoms with Crippen LogP contribution in [-0.4, -0.2) is 66.4 Å². The predicted octanol–water partition coefficient (Wildman–Crippen LogP) is 5.11. The molecule has 1 saturated heterocycles. The van der Waals surface area contributed by atoms with E-state index in [2.05, 4.69) is 32.1 Å². The highest BCUT2D eigenvalue weighted by atomic mass is 35.5. The van der Waals surface area contributed by atoms with E-state index in [9.17, 15) is 9.36 Å². The van der Waals surface area contributed by atoms with Gasteiger partial charge in [0.25, 0.3) is 0 Å². The third-order valence-electron chi connectivity index (χ3n) is 6.45. The van der Waals surface area contributed by atoms with Gasteiger partial charge >= 0.3 is 0 Å². The predicted molar refractivity (Wildman–Crippen MR) is 154 cm³/mol. The number of nitrogens with one attached hydrogen (secondary N) is 2. The fourth-order valence-corrected chi connectivity index (χ4v) is 6.28. The fourth-order valence-electron chi connectivity index (χ4n) is 4.66. The number of ether oxygens (including phenoxy) is 1. The number of carbonyl (C=O) groups is 1. The number of aromatic nitrogens is 2. The number of benzene rings is 2. The Morgan fingerprint density at radius 1 is 1.18 bits per heavy atom. The zero-order valence-electron chi connectivity index (χ0n) is 20.9. The first kappa shape index (κ1) is 26.4. The van der Waals surface area contributed by atoms with Crippen molar-refractivity contribution < 1.29 is 14.1 Å². The zero-order valence-corrected chi connectivity index (χ0v) is 23.4. The molecule has 2 N–H and O–H groups in total. The van der Waals surface area contributed by atoms with Gasteiger partial charge in [-0.25, -0.2) is 4.98 Å². The Bertz CT molecular complexity index is 1460. The number of carbonyl (C=O) groups excluding carboxylic acids is 1. The minimum atomic E-state index is -2.53. The van der Waals surface area contributed by atoms with Crippen LogP contribution in [0.1, 0.15) is 0 Å². The first-order chi connectivity index (χ1) is 18.1. The molecule has 0 bridgehead atoms. The number of halogens is 2.